The molecule has 0 aliphatic carbocycles. The van der Waals surface area contributed by atoms with Gasteiger partial charge in [0.2, 0.25) is 11.8 Å². The summed E-state index contributed by atoms with van der Waals surface area (Å²) >= 11 is 0. The summed E-state index contributed by atoms with van der Waals surface area (Å²) in [6, 6.07) is 11.8. The molecule has 0 aliphatic heterocycles. The fraction of sp³-hybridized carbons (Fsp3) is 0.167. The van der Waals surface area contributed by atoms with Crippen LogP contribution in [0.5, 0.6) is 0 Å². The largest absolute Gasteiger partial charge is 0.465 e. The van der Waals surface area contributed by atoms with Crippen LogP contribution in [0.3, 0.4) is 0 Å². The highest BCUT2D eigenvalue weighted by molar-refractivity contribution is 5.95. The molecular formula is C18H17FN2O4. The van der Waals surface area contributed by atoms with E-state index in [2.05, 4.69) is 15.4 Å². The number of ether oxygens (including phenoxy) is 1. The Labute approximate surface area is 144 Å². The standard InChI is InChI=1S/C18H17FN2O4/c1-25-18(24)13-5-7-15(8-6-13)21-17(23)11-20-16(22)10-12-3-2-4-14(19)9-12/h2-9H,10-11H2,1H3,(H,20,22)(H,21,23). The molecule has 0 saturated carbocycles. The number of benzene rings is 2. The van der Waals surface area contributed by atoms with Gasteiger partial charge in [-0.2, -0.15) is 0 Å². The van der Waals surface area contributed by atoms with Crippen molar-refractivity contribution in [3.05, 3.63) is 65.5 Å². The van der Waals surface area contributed by atoms with Gasteiger partial charge in [0, 0.05) is 5.69 Å². The normalized spacial score (nSPS) is 10.0. The third-order valence-electron chi connectivity index (χ3n) is 3.29. The van der Waals surface area contributed by atoms with E-state index in [0.717, 1.165) is 0 Å². The minimum atomic E-state index is -0.470. The zero-order chi connectivity index (χ0) is 18.2. The van der Waals surface area contributed by atoms with Gasteiger partial charge in [-0.3, -0.25) is 9.59 Å². The third-order valence-corrected chi connectivity index (χ3v) is 3.29. The van der Waals surface area contributed by atoms with Crippen LogP contribution in [-0.4, -0.2) is 31.4 Å². The highest BCUT2D eigenvalue weighted by atomic mass is 19.1. The summed E-state index contributed by atoms with van der Waals surface area (Å²) in [4.78, 5) is 34.9. The van der Waals surface area contributed by atoms with Gasteiger partial charge in [-0.15, -0.1) is 0 Å². The monoisotopic (exact) mass is 344 g/mol. The first-order valence-corrected chi connectivity index (χ1v) is 7.47. The Morgan fingerprint density at radius 3 is 2.40 bits per heavy atom. The molecule has 2 amide bonds. The van der Waals surface area contributed by atoms with Gasteiger partial charge in [-0.25, -0.2) is 9.18 Å². The van der Waals surface area contributed by atoms with E-state index in [9.17, 15) is 18.8 Å². The number of anilines is 1. The second kappa shape index (κ2) is 8.58. The number of esters is 1. The number of hydrogen-bond donors (Lipinski definition) is 2. The van der Waals surface area contributed by atoms with Crippen molar-refractivity contribution < 1.29 is 23.5 Å². The molecule has 0 radical (unpaired) electrons. The fourth-order valence-electron chi connectivity index (χ4n) is 2.09. The van der Waals surface area contributed by atoms with Crippen LogP contribution in [0.1, 0.15) is 15.9 Å². The van der Waals surface area contributed by atoms with Crippen LogP contribution in [0, 0.1) is 5.82 Å². The molecule has 0 unspecified atom stereocenters. The number of carbonyl (C=O) groups excluding carboxylic acids is 3. The van der Waals surface area contributed by atoms with Crippen LogP contribution in [0.4, 0.5) is 10.1 Å². The van der Waals surface area contributed by atoms with Crippen molar-refractivity contribution in [3.8, 4) is 0 Å². The average Bonchev–Trinajstić information content (AvgIpc) is 2.60. The fourth-order valence-corrected chi connectivity index (χ4v) is 2.09. The van der Waals surface area contributed by atoms with E-state index < -0.39 is 17.7 Å². The van der Waals surface area contributed by atoms with Crippen LogP contribution >= 0.6 is 0 Å². The summed E-state index contributed by atoms with van der Waals surface area (Å²) in [5.41, 5.74) is 1.37. The number of nitrogens with one attached hydrogen (secondary N) is 2. The molecule has 2 N–H and O–H groups in total. The van der Waals surface area contributed by atoms with Gasteiger partial charge in [0.1, 0.15) is 5.82 Å². The maximum Gasteiger partial charge on any atom is 0.337 e. The van der Waals surface area contributed by atoms with E-state index in [1.165, 1.54) is 37.4 Å². The highest BCUT2D eigenvalue weighted by Crippen LogP contribution is 2.10. The molecule has 2 rings (SSSR count). The van der Waals surface area contributed by atoms with Crippen molar-refractivity contribution in [1.82, 2.24) is 5.32 Å². The van der Waals surface area contributed by atoms with Crippen molar-refractivity contribution >= 4 is 23.5 Å². The molecule has 7 heteroatoms. The molecule has 0 heterocycles. The Bertz CT molecular complexity index is 775. The number of methoxy groups -OCH3 is 1. The lowest BCUT2D eigenvalue weighted by molar-refractivity contribution is -0.123. The first-order valence-electron chi connectivity index (χ1n) is 7.47. The van der Waals surface area contributed by atoms with E-state index in [0.29, 0.717) is 16.8 Å². The predicted molar refractivity (Wildman–Crippen MR) is 89.5 cm³/mol. The molecular weight excluding hydrogens is 327 g/mol. The summed E-state index contributed by atoms with van der Waals surface area (Å²) in [6.45, 7) is -0.215. The lowest BCUT2D eigenvalue weighted by Crippen LogP contribution is -2.33. The summed E-state index contributed by atoms with van der Waals surface area (Å²) < 4.78 is 17.6. The molecule has 0 spiro atoms. The summed E-state index contributed by atoms with van der Waals surface area (Å²) in [5.74, 6) is -1.69. The van der Waals surface area contributed by atoms with Crippen molar-refractivity contribution in [2.24, 2.45) is 0 Å². The second-order valence-corrected chi connectivity index (χ2v) is 5.20. The Morgan fingerprint density at radius 2 is 1.76 bits per heavy atom. The highest BCUT2D eigenvalue weighted by Gasteiger charge is 2.09. The number of rotatable bonds is 6. The van der Waals surface area contributed by atoms with E-state index >= 15 is 0 Å². The van der Waals surface area contributed by atoms with E-state index in [1.54, 1.807) is 18.2 Å². The average molecular weight is 344 g/mol. The molecule has 0 saturated heterocycles. The van der Waals surface area contributed by atoms with Crippen molar-refractivity contribution in [2.75, 3.05) is 19.0 Å². The summed E-state index contributed by atoms with van der Waals surface area (Å²) in [5, 5.41) is 5.05. The van der Waals surface area contributed by atoms with Crippen LogP contribution in [0.2, 0.25) is 0 Å². The molecule has 25 heavy (non-hydrogen) atoms. The van der Waals surface area contributed by atoms with Crippen molar-refractivity contribution in [1.29, 1.82) is 0 Å². The topological polar surface area (TPSA) is 84.5 Å². The maximum absolute atomic E-state index is 13.1. The summed E-state index contributed by atoms with van der Waals surface area (Å²) in [6.07, 6.45) is -0.0150. The van der Waals surface area contributed by atoms with Crippen molar-refractivity contribution in [2.45, 2.75) is 6.42 Å². The molecule has 0 bridgehead atoms. The predicted octanol–water partition coefficient (Wildman–Crippen LogP) is 1.91. The van der Waals surface area contributed by atoms with Crippen LogP contribution in [0.25, 0.3) is 0 Å². The smallest absolute Gasteiger partial charge is 0.337 e. The molecule has 0 aromatic heterocycles. The van der Waals surface area contributed by atoms with Gasteiger partial charge >= 0.3 is 5.97 Å². The van der Waals surface area contributed by atoms with Crippen LogP contribution in [-0.2, 0) is 20.7 Å². The molecule has 2 aromatic rings. The second-order valence-electron chi connectivity index (χ2n) is 5.20. The SMILES string of the molecule is COC(=O)c1ccc(NC(=O)CNC(=O)Cc2cccc(F)c2)cc1. The number of halogens is 1. The Kier molecular flexibility index (Phi) is 6.22. The molecule has 0 fully saturated rings. The Balaban J connectivity index is 1.80. The van der Waals surface area contributed by atoms with Gasteiger partial charge < -0.3 is 15.4 Å². The lowest BCUT2D eigenvalue weighted by Gasteiger charge is -2.08. The van der Waals surface area contributed by atoms with Gasteiger partial charge in [0.25, 0.3) is 0 Å². The lowest BCUT2D eigenvalue weighted by atomic mass is 10.1. The molecule has 130 valence electrons. The van der Waals surface area contributed by atoms with E-state index in [-0.39, 0.29) is 18.9 Å². The number of hydrogen-bond acceptors (Lipinski definition) is 4. The maximum atomic E-state index is 13.1. The van der Waals surface area contributed by atoms with Crippen molar-refractivity contribution in [3.63, 3.8) is 0 Å². The molecule has 2 aromatic carbocycles. The summed E-state index contributed by atoms with van der Waals surface area (Å²) in [7, 11) is 1.28. The molecule has 0 aliphatic rings. The molecule has 6 nitrogen and oxygen atoms in total. The number of amides is 2. The van der Waals surface area contributed by atoms with Crippen LogP contribution in [0.15, 0.2) is 48.5 Å². The van der Waals surface area contributed by atoms with E-state index in [4.69, 9.17) is 0 Å². The Hall–Kier alpha value is -3.22. The van der Waals surface area contributed by atoms with Gasteiger partial charge in [-0.1, -0.05) is 12.1 Å². The van der Waals surface area contributed by atoms with Crippen LogP contribution < -0.4 is 10.6 Å². The minimum Gasteiger partial charge on any atom is -0.465 e. The van der Waals surface area contributed by atoms with Gasteiger partial charge in [-0.05, 0) is 42.0 Å². The Morgan fingerprint density at radius 1 is 1.04 bits per heavy atom. The zero-order valence-corrected chi connectivity index (χ0v) is 13.5. The number of carbonyl (C=O) groups is 3. The minimum absolute atomic E-state index is 0.0150. The third kappa shape index (κ3) is 5.72. The van der Waals surface area contributed by atoms with Gasteiger partial charge in [0.15, 0.2) is 0 Å². The quantitative estimate of drug-likeness (QED) is 0.784. The molecule has 0 atom stereocenters. The van der Waals surface area contributed by atoms with E-state index in [1.807, 2.05) is 0 Å². The first-order chi connectivity index (χ1) is 12.0. The first kappa shape index (κ1) is 18.1. The zero-order valence-electron chi connectivity index (χ0n) is 13.5. The van der Waals surface area contributed by atoms with Gasteiger partial charge in [0.05, 0.1) is 25.6 Å².